The van der Waals surface area contributed by atoms with E-state index in [1.807, 2.05) is 45.0 Å². The Morgan fingerprint density at radius 1 is 1.14 bits per heavy atom. The first-order chi connectivity index (χ1) is 20.9. The summed E-state index contributed by atoms with van der Waals surface area (Å²) in [6, 6.07) is 4.05. The second kappa shape index (κ2) is 15.2. The van der Waals surface area contributed by atoms with Gasteiger partial charge in [0.05, 0.1) is 30.5 Å². The molecule has 5 heterocycles. The summed E-state index contributed by atoms with van der Waals surface area (Å²) in [6.07, 6.45) is 14.9. The molecule has 2 aromatic heterocycles. The standard InChI is InChI=1S/C15H19ClFN3O.C15H18FN3O.C2H3N/c1-15(2,5-3-6-16)14(21)20-13(4-7-19-20)11-8-12(17)10-18-9-11;1-15(2)5-3-6-18-7-4-13(19(18)14(15)20)11-8-12(16)10-17-9-11;1-2-3/h7-10,13H,3-6H2,1-2H3;4,7-10,13H,3,5-6H2,1-2H3;1H3. The number of fused-ring (bicyclic) bond motifs is 1. The molecule has 0 aromatic carbocycles. The maximum absolute atomic E-state index is 13.4. The number of alkyl halides is 1. The number of hydrazone groups is 1. The van der Waals surface area contributed by atoms with Crippen molar-refractivity contribution in [3.63, 3.8) is 0 Å². The van der Waals surface area contributed by atoms with E-state index in [2.05, 4.69) is 15.1 Å². The lowest BCUT2D eigenvalue weighted by atomic mass is 9.86. The predicted molar refractivity (Wildman–Crippen MR) is 165 cm³/mol. The molecule has 1 saturated heterocycles. The predicted octanol–water partition coefficient (Wildman–Crippen LogP) is 6.71. The highest BCUT2D eigenvalue weighted by Crippen LogP contribution is 2.38. The normalized spacial score (nSPS) is 20.2. The van der Waals surface area contributed by atoms with Gasteiger partial charge >= 0.3 is 0 Å². The van der Waals surface area contributed by atoms with Crippen molar-refractivity contribution >= 4 is 29.6 Å². The number of hydrogen-bond donors (Lipinski definition) is 0. The summed E-state index contributed by atoms with van der Waals surface area (Å²) < 4.78 is 26.7. The van der Waals surface area contributed by atoms with E-state index >= 15 is 0 Å². The molecule has 0 N–H and O–H groups in total. The molecule has 3 aliphatic rings. The fourth-order valence-electron chi connectivity index (χ4n) is 5.28. The first-order valence-corrected chi connectivity index (χ1v) is 15.1. The molecule has 0 aliphatic carbocycles. The number of halogens is 3. The van der Waals surface area contributed by atoms with Crippen LogP contribution in [0, 0.1) is 33.8 Å². The molecule has 0 bridgehead atoms. The van der Waals surface area contributed by atoms with Crippen molar-refractivity contribution in [2.75, 3.05) is 12.4 Å². The number of hydrazine groups is 1. The van der Waals surface area contributed by atoms with Crippen LogP contribution < -0.4 is 0 Å². The second-order valence-electron chi connectivity index (χ2n) is 12.1. The number of amides is 2. The number of hydrogen-bond acceptors (Lipinski definition) is 7. The number of pyridine rings is 2. The van der Waals surface area contributed by atoms with Crippen LogP contribution in [0.5, 0.6) is 0 Å². The van der Waals surface area contributed by atoms with Gasteiger partial charge in [-0.2, -0.15) is 10.4 Å². The number of carbonyl (C=O) groups is 2. The van der Waals surface area contributed by atoms with Crippen molar-refractivity contribution in [3.8, 4) is 6.07 Å². The summed E-state index contributed by atoms with van der Waals surface area (Å²) in [5.41, 5.74) is 0.429. The minimum atomic E-state index is -0.546. The van der Waals surface area contributed by atoms with E-state index < -0.39 is 11.2 Å². The Hall–Kier alpha value is -3.91. The maximum Gasteiger partial charge on any atom is 0.248 e. The summed E-state index contributed by atoms with van der Waals surface area (Å²) in [4.78, 5) is 33.2. The molecule has 2 atom stereocenters. The molecule has 2 unspecified atom stereocenters. The van der Waals surface area contributed by atoms with Gasteiger partial charge in [-0.3, -0.25) is 24.6 Å². The van der Waals surface area contributed by atoms with Crippen LogP contribution in [0.3, 0.4) is 0 Å². The molecule has 2 aromatic rings. The van der Waals surface area contributed by atoms with E-state index in [4.69, 9.17) is 16.9 Å². The third-order valence-corrected chi connectivity index (χ3v) is 7.95. The third-order valence-electron chi connectivity index (χ3n) is 7.69. The largest absolute Gasteiger partial charge is 0.290 e. The van der Waals surface area contributed by atoms with Crippen LogP contribution in [-0.4, -0.2) is 55.4 Å². The Morgan fingerprint density at radius 2 is 1.75 bits per heavy atom. The van der Waals surface area contributed by atoms with Crippen LogP contribution in [-0.2, 0) is 9.59 Å². The first kappa shape index (κ1) is 34.6. The van der Waals surface area contributed by atoms with Crippen molar-refractivity contribution in [1.82, 2.24) is 25.0 Å². The Kier molecular flexibility index (Phi) is 11.9. The van der Waals surface area contributed by atoms with Crippen LogP contribution in [0.25, 0.3) is 0 Å². The summed E-state index contributed by atoms with van der Waals surface area (Å²) in [7, 11) is 0. The smallest absolute Gasteiger partial charge is 0.248 e. The Bertz CT molecular complexity index is 1410. The quantitative estimate of drug-likeness (QED) is 0.330. The van der Waals surface area contributed by atoms with E-state index in [1.54, 1.807) is 29.7 Å². The number of aromatic nitrogens is 2. The number of rotatable bonds is 6. The van der Waals surface area contributed by atoms with Crippen molar-refractivity contribution in [3.05, 3.63) is 72.0 Å². The van der Waals surface area contributed by atoms with Gasteiger partial charge < -0.3 is 0 Å². The molecular formula is C32H40ClF2N7O2. The fraction of sp³-hybridized carbons (Fsp3) is 0.500. The van der Waals surface area contributed by atoms with Gasteiger partial charge in [-0.05, 0) is 49.5 Å². The molecule has 5 rings (SSSR count). The molecular weight excluding hydrogens is 588 g/mol. The summed E-state index contributed by atoms with van der Waals surface area (Å²) in [5, 5.41) is 16.6. The summed E-state index contributed by atoms with van der Waals surface area (Å²) in [6.45, 7) is 9.95. The molecule has 2 amide bonds. The molecule has 0 saturated carbocycles. The van der Waals surface area contributed by atoms with Crippen LogP contribution in [0.4, 0.5) is 8.78 Å². The molecule has 44 heavy (non-hydrogen) atoms. The number of carbonyl (C=O) groups excluding carboxylic acids is 2. The van der Waals surface area contributed by atoms with E-state index in [1.165, 1.54) is 30.3 Å². The lowest BCUT2D eigenvalue weighted by molar-refractivity contribution is -0.153. The second-order valence-corrected chi connectivity index (χ2v) is 12.4. The molecule has 3 aliphatic heterocycles. The third kappa shape index (κ3) is 8.38. The highest BCUT2D eigenvalue weighted by molar-refractivity contribution is 6.17. The van der Waals surface area contributed by atoms with Crippen molar-refractivity contribution in [2.24, 2.45) is 15.9 Å². The van der Waals surface area contributed by atoms with E-state index in [9.17, 15) is 18.4 Å². The Labute approximate surface area is 263 Å². The topological polar surface area (TPSA) is 106 Å². The van der Waals surface area contributed by atoms with Crippen LogP contribution in [0.1, 0.15) is 89.9 Å². The van der Waals surface area contributed by atoms with Crippen LogP contribution in [0.15, 0.2) is 54.3 Å². The van der Waals surface area contributed by atoms with Gasteiger partial charge in [-0.25, -0.2) is 18.8 Å². The molecule has 236 valence electrons. The van der Waals surface area contributed by atoms with Crippen LogP contribution >= 0.6 is 11.6 Å². The Balaban J connectivity index is 0.000000221. The van der Waals surface area contributed by atoms with Crippen molar-refractivity contribution in [1.29, 1.82) is 5.26 Å². The number of nitriles is 1. The first-order valence-electron chi connectivity index (χ1n) is 14.6. The average molecular weight is 628 g/mol. The highest BCUT2D eigenvalue weighted by Gasteiger charge is 2.42. The van der Waals surface area contributed by atoms with Gasteiger partial charge in [0, 0.05) is 67.0 Å². The van der Waals surface area contributed by atoms with Crippen molar-refractivity contribution in [2.45, 2.75) is 78.8 Å². The van der Waals surface area contributed by atoms with E-state index in [0.717, 1.165) is 32.0 Å². The lowest BCUT2D eigenvalue weighted by Crippen LogP contribution is -2.45. The zero-order valence-electron chi connectivity index (χ0n) is 25.9. The average Bonchev–Trinajstić information content (AvgIpc) is 3.61. The van der Waals surface area contributed by atoms with Crippen LogP contribution in [0.2, 0.25) is 0 Å². The molecule has 12 heteroatoms. The van der Waals surface area contributed by atoms with E-state index in [-0.39, 0.29) is 35.1 Å². The van der Waals surface area contributed by atoms with Gasteiger partial charge in [-0.15, -0.1) is 11.6 Å². The zero-order valence-corrected chi connectivity index (χ0v) is 26.6. The van der Waals surface area contributed by atoms with Gasteiger partial charge in [0.2, 0.25) is 11.8 Å². The molecule has 1 fully saturated rings. The van der Waals surface area contributed by atoms with Crippen molar-refractivity contribution < 1.29 is 18.4 Å². The minimum Gasteiger partial charge on any atom is -0.290 e. The fourth-order valence-corrected chi connectivity index (χ4v) is 5.42. The molecule has 9 nitrogen and oxygen atoms in total. The highest BCUT2D eigenvalue weighted by atomic mass is 35.5. The molecule has 0 spiro atoms. The minimum absolute atomic E-state index is 0.0735. The monoisotopic (exact) mass is 627 g/mol. The van der Waals surface area contributed by atoms with E-state index in [0.29, 0.717) is 29.8 Å². The SMILES string of the molecule is CC#N.CC(C)(CCCCl)C(=O)N1N=CCC1c1cncc(F)c1.CC1(C)CCCN2C=CC(c3cncc(F)c3)N2C1=O. The van der Waals surface area contributed by atoms with Gasteiger partial charge in [-0.1, -0.05) is 27.7 Å². The summed E-state index contributed by atoms with van der Waals surface area (Å²) >= 11 is 5.71. The summed E-state index contributed by atoms with van der Waals surface area (Å²) in [5.74, 6) is -0.258. The zero-order chi connectivity index (χ0) is 32.5. The maximum atomic E-state index is 13.4. The number of nitrogens with zero attached hydrogens (tertiary/aromatic N) is 7. The molecule has 0 radical (unpaired) electrons. The van der Waals surface area contributed by atoms with Gasteiger partial charge in [0.15, 0.2) is 0 Å². The lowest BCUT2D eigenvalue weighted by Gasteiger charge is -2.35. The van der Waals surface area contributed by atoms with Gasteiger partial charge in [0.1, 0.15) is 11.6 Å². The Morgan fingerprint density at radius 3 is 2.36 bits per heavy atom. The van der Waals surface area contributed by atoms with Gasteiger partial charge in [0.25, 0.3) is 0 Å².